The first-order valence-electron chi connectivity index (χ1n) is 15.3. The second-order valence-corrected chi connectivity index (χ2v) is 12.9. The van der Waals surface area contributed by atoms with E-state index in [9.17, 15) is 5.11 Å². The molecule has 4 heteroatoms. The van der Waals surface area contributed by atoms with Gasteiger partial charge in [0.1, 0.15) is 5.75 Å². The average molecular weight is 522 g/mol. The van der Waals surface area contributed by atoms with E-state index in [1.165, 1.54) is 66.5 Å². The molecule has 0 radical (unpaired) electrons. The Morgan fingerprint density at radius 2 is 1.69 bits per heavy atom. The van der Waals surface area contributed by atoms with E-state index >= 15 is 0 Å². The molecule has 3 N–H and O–H groups in total. The molecule has 1 aliphatic heterocycles. The van der Waals surface area contributed by atoms with Crippen molar-refractivity contribution >= 4 is 5.69 Å². The van der Waals surface area contributed by atoms with Crippen LogP contribution in [0.4, 0.5) is 5.69 Å². The molecule has 4 aliphatic carbocycles. The summed E-state index contributed by atoms with van der Waals surface area (Å²) in [4.78, 5) is 2.64. The molecule has 2 unspecified atom stereocenters. The number of aromatic hydroxyl groups is 1. The van der Waals surface area contributed by atoms with Crippen molar-refractivity contribution in [1.29, 1.82) is 0 Å². The van der Waals surface area contributed by atoms with Gasteiger partial charge < -0.3 is 15.7 Å². The van der Waals surface area contributed by atoms with E-state index in [-0.39, 0.29) is 12.2 Å². The van der Waals surface area contributed by atoms with E-state index < -0.39 is 0 Å². The van der Waals surface area contributed by atoms with Gasteiger partial charge in [0.25, 0.3) is 0 Å². The third-order valence-electron chi connectivity index (χ3n) is 10.3. The third-order valence-corrected chi connectivity index (χ3v) is 10.3. The lowest BCUT2D eigenvalue weighted by molar-refractivity contribution is 0.104. The van der Waals surface area contributed by atoms with Crippen LogP contribution in [0.2, 0.25) is 0 Å². The summed E-state index contributed by atoms with van der Waals surface area (Å²) in [5.74, 6) is 3.13. The SMILES string of the molecule is CCCCN[C@H]1Cc2cc(O)ccc2[C@H](c2ccc(NC34CC5CC(CC3C5)C4)cc2)N1Cc1ccccc1. The number of hydrogen-bond donors (Lipinski definition) is 3. The van der Waals surface area contributed by atoms with Crippen LogP contribution in [0.1, 0.15) is 80.2 Å². The summed E-state index contributed by atoms with van der Waals surface area (Å²) < 4.78 is 0. The number of fused-ring (bicyclic) bond motifs is 1. The molecule has 0 saturated heterocycles. The zero-order chi connectivity index (χ0) is 26.4. The number of hydrogen-bond acceptors (Lipinski definition) is 4. The molecular weight excluding hydrogens is 478 g/mol. The predicted molar refractivity (Wildman–Crippen MR) is 159 cm³/mol. The van der Waals surface area contributed by atoms with Crippen LogP contribution in [0.3, 0.4) is 0 Å². The molecular formula is C35H43N3O. The number of nitrogens with zero attached hydrogens (tertiary/aromatic N) is 1. The minimum Gasteiger partial charge on any atom is -0.508 e. The fraction of sp³-hybridized carbons (Fsp3) is 0.486. The Hall–Kier alpha value is -2.82. The summed E-state index contributed by atoms with van der Waals surface area (Å²) in [7, 11) is 0. The van der Waals surface area contributed by atoms with Crippen molar-refractivity contribution in [3.8, 4) is 5.75 Å². The van der Waals surface area contributed by atoms with E-state index in [1.807, 2.05) is 12.1 Å². The summed E-state index contributed by atoms with van der Waals surface area (Å²) in [6, 6.07) is 26.3. The molecule has 4 atom stereocenters. The number of benzene rings is 3. The highest BCUT2D eigenvalue weighted by Gasteiger charge is 2.57. The zero-order valence-electron chi connectivity index (χ0n) is 23.3. The number of rotatable bonds is 9. The van der Waals surface area contributed by atoms with Gasteiger partial charge in [0, 0.05) is 24.2 Å². The highest BCUT2D eigenvalue weighted by Crippen LogP contribution is 2.61. The topological polar surface area (TPSA) is 47.5 Å². The van der Waals surface area contributed by atoms with Crippen LogP contribution in [-0.2, 0) is 13.0 Å². The molecule has 3 aromatic carbocycles. The lowest BCUT2D eigenvalue weighted by Gasteiger charge is -2.44. The number of phenols is 1. The van der Waals surface area contributed by atoms with Crippen LogP contribution in [0.5, 0.6) is 5.75 Å². The summed E-state index contributed by atoms with van der Waals surface area (Å²) >= 11 is 0. The number of unbranched alkanes of at least 4 members (excludes halogenated alkanes) is 1. The van der Waals surface area contributed by atoms with Crippen molar-refractivity contribution in [2.75, 3.05) is 11.9 Å². The normalized spacial score (nSPS) is 30.9. The Bertz CT molecular complexity index is 1280. The van der Waals surface area contributed by atoms with Crippen LogP contribution in [0.25, 0.3) is 0 Å². The van der Waals surface area contributed by atoms with Gasteiger partial charge in [0.05, 0.1) is 12.2 Å². The van der Waals surface area contributed by atoms with Gasteiger partial charge in [0.15, 0.2) is 0 Å². The van der Waals surface area contributed by atoms with Crippen LogP contribution < -0.4 is 10.6 Å². The third kappa shape index (κ3) is 4.76. The average Bonchev–Trinajstić information content (AvgIpc) is 3.32. The highest BCUT2D eigenvalue weighted by atomic mass is 16.3. The van der Waals surface area contributed by atoms with Gasteiger partial charge in [-0.05, 0) is 109 Å². The first-order valence-corrected chi connectivity index (χ1v) is 15.3. The van der Waals surface area contributed by atoms with Crippen molar-refractivity contribution in [2.24, 2.45) is 17.8 Å². The fourth-order valence-electron chi connectivity index (χ4n) is 8.76. The highest BCUT2D eigenvalue weighted by molar-refractivity contribution is 5.51. The number of nitrogens with one attached hydrogen (secondary N) is 2. The Morgan fingerprint density at radius 1 is 0.923 bits per heavy atom. The van der Waals surface area contributed by atoms with Crippen LogP contribution in [-0.4, -0.2) is 28.3 Å². The minimum absolute atomic E-state index is 0.124. The number of phenolic OH excluding ortho intramolecular Hbond substituents is 1. The molecule has 1 heterocycles. The van der Waals surface area contributed by atoms with Crippen molar-refractivity contribution in [3.05, 3.63) is 95.1 Å². The summed E-state index contributed by atoms with van der Waals surface area (Å²) in [5, 5.41) is 18.3. The smallest absolute Gasteiger partial charge is 0.115 e. The Kier molecular flexibility index (Phi) is 6.64. The molecule has 0 amide bonds. The molecule has 204 valence electrons. The summed E-state index contributed by atoms with van der Waals surface area (Å²) in [5.41, 5.74) is 6.83. The summed E-state index contributed by atoms with van der Waals surface area (Å²) in [6.45, 7) is 4.13. The molecule has 4 saturated carbocycles. The lowest BCUT2D eigenvalue weighted by atomic mass is 9.80. The molecule has 5 aliphatic rings. The second kappa shape index (κ2) is 10.3. The lowest BCUT2D eigenvalue weighted by Crippen LogP contribution is -2.51. The quantitative estimate of drug-likeness (QED) is 0.260. The van der Waals surface area contributed by atoms with E-state index in [0.717, 1.165) is 43.7 Å². The van der Waals surface area contributed by atoms with E-state index in [1.54, 1.807) is 0 Å². The summed E-state index contributed by atoms with van der Waals surface area (Å²) in [6.07, 6.45) is 10.5. The van der Waals surface area contributed by atoms with Gasteiger partial charge in [-0.1, -0.05) is 61.9 Å². The Labute approximate surface area is 233 Å². The van der Waals surface area contributed by atoms with Gasteiger partial charge in [-0.15, -0.1) is 0 Å². The van der Waals surface area contributed by atoms with E-state index in [2.05, 4.69) is 83.1 Å². The van der Waals surface area contributed by atoms with Crippen molar-refractivity contribution in [2.45, 2.75) is 82.6 Å². The Morgan fingerprint density at radius 3 is 2.44 bits per heavy atom. The molecule has 39 heavy (non-hydrogen) atoms. The van der Waals surface area contributed by atoms with Gasteiger partial charge in [-0.3, -0.25) is 4.90 Å². The van der Waals surface area contributed by atoms with Crippen molar-refractivity contribution in [3.63, 3.8) is 0 Å². The molecule has 3 aromatic rings. The van der Waals surface area contributed by atoms with Gasteiger partial charge in [-0.2, -0.15) is 0 Å². The maximum atomic E-state index is 10.4. The van der Waals surface area contributed by atoms with Crippen molar-refractivity contribution in [1.82, 2.24) is 10.2 Å². The second-order valence-electron chi connectivity index (χ2n) is 12.9. The number of anilines is 1. The van der Waals surface area contributed by atoms with Crippen LogP contribution in [0, 0.1) is 17.8 Å². The predicted octanol–water partition coefficient (Wildman–Crippen LogP) is 7.25. The molecule has 8 rings (SSSR count). The van der Waals surface area contributed by atoms with Gasteiger partial charge in [-0.25, -0.2) is 0 Å². The maximum absolute atomic E-state index is 10.4. The zero-order valence-corrected chi connectivity index (χ0v) is 23.3. The van der Waals surface area contributed by atoms with Crippen LogP contribution in [0.15, 0.2) is 72.8 Å². The monoisotopic (exact) mass is 521 g/mol. The Balaban J connectivity index is 1.21. The molecule has 4 bridgehead atoms. The molecule has 0 spiro atoms. The molecule has 0 aromatic heterocycles. The first kappa shape index (κ1) is 25.2. The van der Waals surface area contributed by atoms with Gasteiger partial charge in [0.2, 0.25) is 0 Å². The standard InChI is InChI=1S/C35H43N3O/c1-2-3-15-36-33-20-28-19-31(39)13-14-32(28)34(38(33)23-24-7-5-4-6-8-24)27-9-11-30(12-10-27)37-35-21-25-16-26(22-35)18-29(35)17-25/h4-14,19,25-26,29,33-34,36-37,39H,2-3,15-18,20-23H2,1H3/t25?,26?,29?,33-,34+,35?/m1/s1. The van der Waals surface area contributed by atoms with Crippen LogP contribution >= 0.6 is 0 Å². The maximum Gasteiger partial charge on any atom is 0.115 e. The molecule has 4 nitrogen and oxygen atoms in total. The van der Waals surface area contributed by atoms with Gasteiger partial charge >= 0.3 is 0 Å². The van der Waals surface area contributed by atoms with Crippen molar-refractivity contribution < 1.29 is 5.11 Å². The van der Waals surface area contributed by atoms with E-state index in [0.29, 0.717) is 11.3 Å². The minimum atomic E-state index is 0.124. The first-order chi connectivity index (χ1) is 19.1. The largest absolute Gasteiger partial charge is 0.508 e. The fourth-order valence-corrected chi connectivity index (χ4v) is 8.76. The van der Waals surface area contributed by atoms with E-state index in [4.69, 9.17) is 0 Å². The molecule has 4 fully saturated rings.